The molecular weight excluding hydrogens is 110 g/mol. The lowest BCUT2D eigenvalue weighted by Crippen LogP contribution is -2.52. The van der Waals surface area contributed by atoms with E-state index in [1.165, 1.54) is 19.3 Å². The van der Waals surface area contributed by atoms with Crippen molar-refractivity contribution in [3.63, 3.8) is 0 Å². The van der Waals surface area contributed by atoms with Gasteiger partial charge in [-0.05, 0) is 36.5 Å². The molecule has 2 rings (SSSR count). The zero-order chi connectivity index (χ0) is 5.78. The average Bonchev–Trinajstić information content (AvgIpc) is 1.79. The predicted molar refractivity (Wildman–Crippen MR) is 39.6 cm³/mol. The number of rotatable bonds is 0. The van der Waals surface area contributed by atoms with Crippen molar-refractivity contribution in [3.8, 4) is 0 Å². The third kappa shape index (κ3) is 0.586. The smallest absolute Gasteiger partial charge is 0.0272 e. The maximum Gasteiger partial charge on any atom is -0.0272 e. The van der Waals surface area contributed by atoms with Gasteiger partial charge in [-0.25, -0.2) is 0 Å². The van der Waals surface area contributed by atoms with Gasteiger partial charge < -0.3 is 6.15 Å². The van der Waals surface area contributed by atoms with Crippen LogP contribution in [0.25, 0.3) is 0 Å². The third-order valence-corrected chi connectivity index (χ3v) is 3.73. The molecule has 0 aromatic rings. The molecule has 3 unspecified atom stereocenters. The van der Waals surface area contributed by atoms with Gasteiger partial charge >= 0.3 is 0 Å². The molecule has 0 aromatic carbocycles. The van der Waals surface area contributed by atoms with Crippen molar-refractivity contribution in [3.05, 3.63) is 0 Å². The maximum atomic E-state index is 2.45. The summed E-state index contributed by atoms with van der Waals surface area (Å²) < 4.78 is 0. The van der Waals surface area contributed by atoms with Crippen LogP contribution in [0.15, 0.2) is 0 Å². The molecule has 3 N–H and O–H groups in total. The van der Waals surface area contributed by atoms with Crippen LogP contribution < -0.4 is 6.15 Å². The molecule has 1 heteroatoms. The minimum Gasteiger partial charge on any atom is -0.344 e. The molecule has 9 heavy (non-hydrogen) atoms. The first-order chi connectivity index (χ1) is 3.73. The van der Waals surface area contributed by atoms with Crippen molar-refractivity contribution in [2.45, 2.75) is 33.1 Å². The van der Waals surface area contributed by atoms with E-state index < -0.39 is 0 Å². The minimum atomic E-state index is 0. The second kappa shape index (κ2) is 1.72. The highest BCUT2D eigenvalue weighted by Gasteiger charge is 2.54. The summed E-state index contributed by atoms with van der Waals surface area (Å²) in [5.41, 5.74) is 0.819. The Morgan fingerprint density at radius 3 is 2.11 bits per heavy atom. The maximum absolute atomic E-state index is 2.45. The summed E-state index contributed by atoms with van der Waals surface area (Å²) in [6.45, 7) is 4.85. The van der Waals surface area contributed by atoms with Gasteiger partial charge in [-0.3, -0.25) is 0 Å². The zero-order valence-electron chi connectivity index (χ0n) is 6.48. The van der Waals surface area contributed by atoms with Gasteiger partial charge in [0, 0.05) is 0 Å². The lowest BCUT2D eigenvalue weighted by Gasteiger charge is -2.61. The van der Waals surface area contributed by atoms with E-state index in [4.69, 9.17) is 0 Å². The molecule has 0 bridgehead atoms. The van der Waals surface area contributed by atoms with Crippen LogP contribution >= 0.6 is 0 Å². The first-order valence-electron chi connectivity index (χ1n) is 3.73. The van der Waals surface area contributed by atoms with Crippen LogP contribution in [0, 0.1) is 17.3 Å². The zero-order valence-corrected chi connectivity index (χ0v) is 6.48. The Labute approximate surface area is 57.4 Å². The van der Waals surface area contributed by atoms with Crippen LogP contribution in [0.2, 0.25) is 0 Å². The summed E-state index contributed by atoms with van der Waals surface area (Å²) in [5.74, 6) is 2.18. The molecule has 54 valence electrons. The van der Waals surface area contributed by atoms with Gasteiger partial charge in [-0.1, -0.05) is 13.8 Å². The highest BCUT2D eigenvalue weighted by molar-refractivity contribution is 5.04. The largest absolute Gasteiger partial charge is 0.344 e. The van der Waals surface area contributed by atoms with Crippen LogP contribution in [0.5, 0.6) is 0 Å². The molecule has 0 aliphatic heterocycles. The summed E-state index contributed by atoms with van der Waals surface area (Å²) in [6, 6.07) is 0. The fourth-order valence-electron chi connectivity index (χ4n) is 2.38. The van der Waals surface area contributed by atoms with Crippen molar-refractivity contribution < 1.29 is 0 Å². The molecule has 0 aromatic heterocycles. The molecule has 0 radical (unpaired) electrons. The lowest BCUT2D eigenvalue weighted by molar-refractivity contribution is -0.117. The van der Waals surface area contributed by atoms with E-state index in [9.17, 15) is 0 Å². The first kappa shape index (κ1) is 7.07. The van der Waals surface area contributed by atoms with E-state index in [0.717, 1.165) is 17.3 Å². The van der Waals surface area contributed by atoms with E-state index in [2.05, 4.69) is 13.8 Å². The first-order valence-corrected chi connectivity index (χ1v) is 3.73. The Balaban J connectivity index is 0.000000405. The Kier molecular flexibility index (Phi) is 1.35. The van der Waals surface area contributed by atoms with Crippen molar-refractivity contribution in [2.24, 2.45) is 17.3 Å². The summed E-state index contributed by atoms with van der Waals surface area (Å²) in [7, 11) is 0. The summed E-state index contributed by atoms with van der Waals surface area (Å²) in [4.78, 5) is 0. The molecule has 0 amide bonds. The van der Waals surface area contributed by atoms with Crippen LogP contribution in [-0.2, 0) is 0 Å². The van der Waals surface area contributed by atoms with Crippen molar-refractivity contribution in [1.29, 1.82) is 0 Å². The van der Waals surface area contributed by atoms with Crippen molar-refractivity contribution in [2.75, 3.05) is 0 Å². The molecule has 0 spiro atoms. The quantitative estimate of drug-likeness (QED) is 0.533. The van der Waals surface area contributed by atoms with Gasteiger partial charge in [0.25, 0.3) is 0 Å². The molecule has 1 nitrogen and oxygen atoms in total. The van der Waals surface area contributed by atoms with Crippen LogP contribution in [0.1, 0.15) is 33.1 Å². The van der Waals surface area contributed by atoms with Gasteiger partial charge in [0.15, 0.2) is 0 Å². The van der Waals surface area contributed by atoms with Crippen LogP contribution in [0.4, 0.5) is 0 Å². The van der Waals surface area contributed by atoms with Crippen LogP contribution in [-0.4, -0.2) is 0 Å². The van der Waals surface area contributed by atoms with Crippen molar-refractivity contribution in [1.82, 2.24) is 6.15 Å². The summed E-state index contributed by atoms with van der Waals surface area (Å²) in [5, 5.41) is 0. The highest BCUT2D eigenvalue weighted by atomic mass is 14.6. The van der Waals surface area contributed by atoms with E-state index in [0.29, 0.717) is 0 Å². The van der Waals surface area contributed by atoms with E-state index in [1.807, 2.05) is 0 Å². The second-order valence-electron chi connectivity index (χ2n) is 3.88. The molecule has 0 saturated heterocycles. The number of hydrogen-bond donors (Lipinski definition) is 1. The molecule has 2 aliphatic carbocycles. The van der Waals surface area contributed by atoms with Crippen LogP contribution in [0.3, 0.4) is 0 Å². The van der Waals surface area contributed by atoms with Gasteiger partial charge in [0.05, 0.1) is 0 Å². The molecule has 3 atom stereocenters. The summed E-state index contributed by atoms with van der Waals surface area (Å²) >= 11 is 0. The molecule has 2 aliphatic rings. The average molecular weight is 127 g/mol. The highest BCUT2D eigenvalue weighted by Crippen LogP contribution is 2.63. The van der Waals surface area contributed by atoms with Gasteiger partial charge in [-0.2, -0.15) is 0 Å². The molecular formula is C8H17N. The minimum absolute atomic E-state index is 0. The Hall–Kier alpha value is -0.0400. The van der Waals surface area contributed by atoms with Gasteiger partial charge in [-0.15, -0.1) is 0 Å². The SMILES string of the molecule is CC1CC2CCC12C.N. The Bertz CT molecular complexity index is 116. The standard InChI is InChI=1S/C8H14.H3N/c1-6-5-7-3-4-8(6,7)2;/h6-7H,3-5H2,1-2H3;1H3. The Morgan fingerprint density at radius 1 is 1.44 bits per heavy atom. The third-order valence-electron chi connectivity index (χ3n) is 3.73. The van der Waals surface area contributed by atoms with Crippen molar-refractivity contribution >= 4 is 0 Å². The number of hydrogen-bond acceptors (Lipinski definition) is 1. The normalized spacial score (nSPS) is 54.0. The topological polar surface area (TPSA) is 35.0 Å². The van der Waals surface area contributed by atoms with E-state index >= 15 is 0 Å². The lowest BCUT2D eigenvalue weighted by atomic mass is 9.44. The van der Waals surface area contributed by atoms with E-state index in [1.54, 1.807) is 0 Å². The van der Waals surface area contributed by atoms with E-state index in [-0.39, 0.29) is 6.15 Å². The predicted octanol–water partition coefficient (Wildman–Crippen LogP) is 2.60. The Morgan fingerprint density at radius 2 is 2.11 bits per heavy atom. The molecule has 2 saturated carbocycles. The molecule has 2 fully saturated rings. The summed E-state index contributed by atoms with van der Waals surface area (Å²) in [6.07, 6.45) is 4.57. The molecule has 0 heterocycles. The fourth-order valence-corrected chi connectivity index (χ4v) is 2.38. The number of fused-ring (bicyclic) bond motifs is 1. The fraction of sp³-hybridized carbons (Fsp3) is 1.00. The second-order valence-corrected chi connectivity index (χ2v) is 3.88. The monoisotopic (exact) mass is 127 g/mol. The van der Waals surface area contributed by atoms with Gasteiger partial charge in [0.1, 0.15) is 0 Å². The van der Waals surface area contributed by atoms with Gasteiger partial charge in [0.2, 0.25) is 0 Å².